The molecule has 0 unspecified atom stereocenters. The van der Waals surface area contributed by atoms with Crippen molar-refractivity contribution in [1.29, 1.82) is 0 Å². The molecule has 0 amide bonds. The van der Waals surface area contributed by atoms with Crippen molar-refractivity contribution in [3.63, 3.8) is 0 Å². The quantitative estimate of drug-likeness (QED) is 0.443. The Kier molecular flexibility index (Phi) is 2.54. The molecule has 74 valence electrons. The van der Waals surface area contributed by atoms with Crippen molar-refractivity contribution in [1.82, 2.24) is 4.98 Å². The molecule has 4 radical (unpaired) electrons. The number of benzene rings is 2. The Balaban J connectivity index is 2.55. The fourth-order valence-electron chi connectivity index (χ4n) is 1.86. The zero-order valence-corrected chi connectivity index (χ0v) is 12.1. The molecule has 0 aliphatic rings. The third-order valence-corrected chi connectivity index (χ3v) is 4.23. The van der Waals surface area contributed by atoms with Crippen molar-refractivity contribution in [3.05, 3.63) is 42.5 Å². The molecule has 0 saturated heterocycles. The molecule has 3 rings (SSSR count). The first-order valence-electron chi connectivity index (χ1n) is 4.96. The van der Waals surface area contributed by atoms with Gasteiger partial charge in [-0.25, -0.2) is 0 Å². The molecule has 0 bridgehead atoms. The summed E-state index contributed by atoms with van der Waals surface area (Å²) < 4.78 is 2.44. The Labute approximate surface area is 111 Å². The minimum atomic E-state index is 1.06. The number of hydrogen-bond donors (Lipinski definition) is 0. The van der Waals surface area contributed by atoms with Crippen LogP contribution in [-0.4, -0.2) is 38.7 Å². The molecule has 0 atom stereocenters. The maximum atomic E-state index is 4.68. The number of aromatic nitrogens is 1. The van der Waals surface area contributed by atoms with Crippen LogP contribution in [0.5, 0.6) is 0 Å². The third kappa shape index (κ3) is 1.59. The van der Waals surface area contributed by atoms with Crippen molar-refractivity contribution >= 4 is 64.2 Å². The van der Waals surface area contributed by atoms with Gasteiger partial charge < -0.3 is 0 Å². The second-order valence-electron chi connectivity index (χ2n) is 3.68. The Bertz CT molecular complexity index is 692. The number of pyridine rings is 1. The molecule has 0 fully saturated rings. The van der Waals surface area contributed by atoms with E-state index in [9.17, 15) is 0 Å². The number of para-hydroxylation sites is 1. The molecule has 16 heavy (non-hydrogen) atoms. The zero-order valence-electron chi connectivity index (χ0n) is 8.38. The summed E-state index contributed by atoms with van der Waals surface area (Å²) in [6.45, 7) is 0. The summed E-state index contributed by atoms with van der Waals surface area (Å²) in [5.41, 5.74) is 2.12. The molecule has 0 aliphatic carbocycles. The van der Waals surface area contributed by atoms with Crippen LogP contribution < -0.4 is 8.70 Å². The molecular weight excluding hydrogens is 320 g/mol. The van der Waals surface area contributed by atoms with Crippen molar-refractivity contribution < 1.29 is 0 Å². The van der Waals surface area contributed by atoms with E-state index in [2.05, 4.69) is 75.1 Å². The van der Waals surface area contributed by atoms with Crippen LogP contribution in [0.15, 0.2) is 42.5 Å². The SMILES string of the molecule is [As]c1ccc2c([As])c3ccccc3nc2c1. The van der Waals surface area contributed by atoms with Crippen LogP contribution >= 0.6 is 0 Å². The van der Waals surface area contributed by atoms with Crippen LogP contribution in [0.1, 0.15) is 0 Å². The Hall–Kier alpha value is -0.773. The molecule has 0 N–H and O–H groups in total. The van der Waals surface area contributed by atoms with Crippen molar-refractivity contribution in [2.24, 2.45) is 0 Å². The van der Waals surface area contributed by atoms with Gasteiger partial charge in [-0.1, -0.05) is 0 Å². The van der Waals surface area contributed by atoms with Crippen molar-refractivity contribution in [2.45, 2.75) is 0 Å². The van der Waals surface area contributed by atoms with Crippen LogP contribution in [0.2, 0.25) is 0 Å². The number of rotatable bonds is 0. The Morgan fingerprint density at radius 1 is 0.812 bits per heavy atom. The van der Waals surface area contributed by atoms with Crippen LogP contribution in [0.3, 0.4) is 0 Å². The first kappa shape index (κ1) is 10.4. The van der Waals surface area contributed by atoms with Crippen molar-refractivity contribution in [3.8, 4) is 0 Å². The van der Waals surface area contributed by atoms with E-state index in [1.54, 1.807) is 0 Å². The van der Waals surface area contributed by atoms with Gasteiger partial charge in [0.1, 0.15) is 0 Å². The van der Waals surface area contributed by atoms with Gasteiger partial charge in [0.25, 0.3) is 0 Å². The number of nitrogens with zero attached hydrogens (tertiary/aromatic N) is 1. The van der Waals surface area contributed by atoms with Gasteiger partial charge in [0.05, 0.1) is 0 Å². The van der Waals surface area contributed by atoms with E-state index in [-0.39, 0.29) is 0 Å². The average molecular weight is 327 g/mol. The normalized spacial score (nSPS) is 11.1. The second-order valence-corrected chi connectivity index (χ2v) is 5.70. The second kappa shape index (κ2) is 3.91. The van der Waals surface area contributed by atoms with Crippen LogP contribution in [0, 0.1) is 0 Å². The van der Waals surface area contributed by atoms with E-state index in [4.69, 9.17) is 0 Å². The van der Waals surface area contributed by atoms with Gasteiger partial charge in [0.2, 0.25) is 0 Å². The number of fused-ring (bicyclic) bond motifs is 2. The first-order valence-corrected chi connectivity index (χ1v) is 6.84. The Morgan fingerprint density at radius 3 is 2.44 bits per heavy atom. The summed E-state index contributed by atoms with van der Waals surface area (Å²) in [5, 5.41) is 2.43. The summed E-state index contributed by atoms with van der Waals surface area (Å²) in [7, 11) is 0. The summed E-state index contributed by atoms with van der Waals surface area (Å²) in [5.74, 6) is 0. The topological polar surface area (TPSA) is 12.9 Å². The van der Waals surface area contributed by atoms with Crippen LogP contribution in [-0.2, 0) is 0 Å². The van der Waals surface area contributed by atoms with E-state index in [0.29, 0.717) is 0 Å². The molecule has 0 aliphatic heterocycles. The maximum absolute atomic E-state index is 4.68. The van der Waals surface area contributed by atoms with Gasteiger partial charge in [-0.05, 0) is 0 Å². The van der Waals surface area contributed by atoms with E-state index in [1.165, 1.54) is 19.5 Å². The molecular formula is C13H7As2N. The molecule has 2 aromatic carbocycles. The fraction of sp³-hybridized carbons (Fsp3) is 0. The van der Waals surface area contributed by atoms with Gasteiger partial charge in [-0.2, -0.15) is 0 Å². The van der Waals surface area contributed by atoms with Gasteiger partial charge >= 0.3 is 112 Å². The van der Waals surface area contributed by atoms with Gasteiger partial charge in [-0.15, -0.1) is 0 Å². The first-order chi connectivity index (χ1) is 7.75. The monoisotopic (exact) mass is 327 g/mol. The molecule has 1 nitrogen and oxygen atoms in total. The molecule has 1 heterocycles. The molecule has 0 spiro atoms. The number of hydrogen-bond acceptors (Lipinski definition) is 1. The van der Waals surface area contributed by atoms with E-state index in [1.807, 2.05) is 6.07 Å². The summed E-state index contributed by atoms with van der Waals surface area (Å²) in [6.07, 6.45) is 0. The Morgan fingerprint density at radius 2 is 1.56 bits per heavy atom. The van der Waals surface area contributed by atoms with Gasteiger partial charge in [0, 0.05) is 0 Å². The van der Waals surface area contributed by atoms with E-state index >= 15 is 0 Å². The molecule has 3 aromatic rings. The van der Waals surface area contributed by atoms with Crippen molar-refractivity contribution in [2.75, 3.05) is 0 Å². The summed E-state index contributed by atoms with van der Waals surface area (Å²) in [6, 6.07) is 14.6. The predicted molar refractivity (Wildman–Crippen MR) is 70.0 cm³/mol. The van der Waals surface area contributed by atoms with E-state index in [0.717, 1.165) is 11.0 Å². The third-order valence-electron chi connectivity index (χ3n) is 2.64. The summed E-state index contributed by atoms with van der Waals surface area (Å²) in [4.78, 5) is 4.68. The summed E-state index contributed by atoms with van der Waals surface area (Å²) >= 11 is 5.22. The molecule has 1 aromatic heterocycles. The average Bonchev–Trinajstić information content (AvgIpc) is 2.29. The molecule has 0 saturated carbocycles. The van der Waals surface area contributed by atoms with E-state index < -0.39 is 0 Å². The van der Waals surface area contributed by atoms with Gasteiger partial charge in [0.15, 0.2) is 0 Å². The van der Waals surface area contributed by atoms with Crippen LogP contribution in [0.4, 0.5) is 0 Å². The van der Waals surface area contributed by atoms with Gasteiger partial charge in [-0.3, -0.25) is 0 Å². The zero-order chi connectivity index (χ0) is 11.1. The van der Waals surface area contributed by atoms with Crippen LogP contribution in [0.25, 0.3) is 21.8 Å². The predicted octanol–water partition coefficient (Wildman–Crippen LogP) is 0.976. The standard InChI is InChI=1S/C13H7As2N/c14-8-5-6-10-12(7-8)16-11-4-2-1-3-9(11)13(10)15/h1-7H. The molecule has 3 heteroatoms. The fourth-order valence-corrected chi connectivity index (χ4v) is 3.07. The minimum absolute atomic E-state index is 1.06.